The zero-order valence-corrected chi connectivity index (χ0v) is 15.7. The highest BCUT2D eigenvalue weighted by Crippen LogP contribution is 2.24. The van der Waals surface area contributed by atoms with Gasteiger partial charge in [0.05, 0.1) is 11.3 Å². The van der Waals surface area contributed by atoms with Crippen LogP contribution < -0.4 is 10.9 Å². The van der Waals surface area contributed by atoms with Crippen LogP contribution in [0.2, 0.25) is 0 Å². The summed E-state index contributed by atoms with van der Waals surface area (Å²) in [5, 5.41) is 14.4. The van der Waals surface area contributed by atoms with Crippen molar-refractivity contribution in [2.45, 2.75) is 44.7 Å². The van der Waals surface area contributed by atoms with Crippen LogP contribution >= 0.6 is 0 Å². The normalized spacial score (nSPS) is 15.0. The Kier molecular flexibility index (Phi) is 5.26. The molecule has 0 spiro atoms. The molecule has 2 N–H and O–H groups in total. The quantitative estimate of drug-likeness (QED) is 0.703. The van der Waals surface area contributed by atoms with Crippen molar-refractivity contribution < 1.29 is 9.90 Å². The van der Waals surface area contributed by atoms with Crippen molar-refractivity contribution in [3.63, 3.8) is 0 Å². The number of aromatic nitrogens is 1. The first-order chi connectivity index (χ1) is 13.7. The molecule has 0 radical (unpaired) electrons. The molecule has 1 aromatic heterocycles. The van der Waals surface area contributed by atoms with E-state index >= 15 is 0 Å². The second-order valence-corrected chi connectivity index (χ2v) is 7.36. The van der Waals surface area contributed by atoms with Gasteiger partial charge in [0.2, 0.25) is 0 Å². The molecule has 0 amide bonds. The second kappa shape index (κ2) is 7.98. The van der Waals surface area contributed by atoms with Gasteiger partial charge in [0.15, 0.2) is 0 Å². The van der Waals surface area contributed by atoms with Crippen molar-refractivity contribution in [1.82, 2.24) is 9.88 Å². The number of hydrogen-bond acceptors (Lipinski definition) is 3. The molecule has 2 aromatic carbocycles. The maximum atomic E-state index is 13.3. The highest BCUT2D eigenvalue weighted by Gasteiger charge is 2.23. The molecule has 0 atom stereocenters. The molecule has 28 heavy (non-hydrogen) atoms. The minimum Gasteiger partial charge on any atom is -0.478 e. The van der Waals surface area contributed by atoms with E-state index in [0.717, 1.165) is 12.8 Å². The van der Waals surface area contributed by atoms with Crippen molar-refractivity contribution in [2.24, 2.45) is 0 Å². The van der Waals surface area contributed by atoms with E-state index < -0.39 is 5.97 Å². The number of aromatic carboxylic acids is 1. The highest BCUT2D eigenvalue weighted by molar-refractivity contribution is 6.04. The van der Waals surface area contributed by atoms with Gasteiger partial charge >= 0.3 is 5.97 Å². The van der Waals surface area contributed by atoms with E-state index in [1.165, 1.54) is 19.3 Å². The molecule has 1 aliphatic rings. The number of rotatable bonds is 5. The zero-order chi connectivity index (χ0) is 19.5. The Morgan fingerprint density at radius 3 is 2.29 bits per heavy atom. The molecule has 3 aromatic rings. The summed E-state index contributed by atoms with van der Waals surface area (Å²) in [5.41, 5.74) is 1.20. The summed E-state index contributed by atoms with van der Waals surface area (Å²) in [6.45, 7) is 0.348. The number of carboxylic acid groups (broad SMARTS) is 1. The van der Waals surface area contributed by atoms with E-state index in [-0.39, 0.29) is 11.1 Å². The van der Waals surface area contributed by atoms with Crippen LogP contribution in [0, 0.1) is 0 Å². The van der Waals surface area contributed by atoms with Gasteiger partial charge in [-0.25, -0.2) is 4.79 Å². The third-order valence-electron chi connectivity index (χ3n) is 5.58. The van der Waals surface area contributed by atoms with Gasteiger partial charge in [-0.1, -0.05) is 55.7 Å². The lowest BCUT2D eigenvalue weighted by molar-refractivity contribution is 0.0696. The van der Waals surface area contributed by atoms with Gasteiger partial charge in [-0.3, -0.25) is 9.36 Å². The summed E-state index contributed by atoms with van der Waals surface area (Å²) in [6, 6.07) is 16.6. The summed E-state index contributed by atoms with van der Waals surface area (Å²) in [5.74, 6) is -1.01. The summed E-state index contributed by atoms with van der Waals surface area (Å²) < 4.78 is 1.56. The standard InChI is InChI=1S/C23H24N2O3/c26-22-19-14-8-7-13-18(19)21(23(27)28)20(15-24-16-9-3-1-4-10-16)25(22)17-11-5-2-6-12-17/h2,5-8,11-14,16,24H,1,3-4,9-10,15H2,(H,27,28). The minimum absolute atomic E-state index is 0.188. The topological polar surface area (TPSA) is 71.3 Å². The van der Waals surface area contributed by atoms with Crippen LogP contribution in [0.25, 0.3) is 16.5 Å². The fourth-order valence-electron chi connectivity index (χ4n) is 4.20. The number of pyridine rings is 1. The van der Waals surface area contributed by atoms with Crippen molar-refractivity contribution in [3.8, 4) is 5.69 Å². The van der Waals surface area contributed by atoms with Crippen LogP contribution in [0.5, 0.6) is 0 Å². The van der Waals surface area contributed by atoms with E-state index in [1.807, 2.05) is 30.3 Å². The van der Waals surface area contributed by atoms with E-state index in [9.17, 15) is 14.7 Å². The Morgan fingerprint density at radius 1 is 0.964 bits per heavy atom. The van der Waals surface area contributed by atoms with Gasteiger partial charge in [0.25, 0.3) is 5.56 Å². The summed E-state index contributed by atoms with van der Waals surface area (Å²) in [4.78, 5) is 25.6. The maximum absolute atomic E-state index is 13.3. The predicted molar refractivity (Wildman–Crippen MR) is 110 cm³/mol. The Balaban J connectivity index is 1.92. The molecule has 5 nitrogen and oxygen atoms in total. The van der Waals surface area contributed by atoms with E-state index in [0.29, 0.717) is 34.7 Å². The van der Waals surface area contributed by atoms with Crippen molar-refractivity contribution in [3.05, 3.63) is 76.2 Å². The lowest BCUT2D eigenvalue weighted by atomic mass is 9.95. The van der Waals surface area contributed by atoms with E-state index in [1.54, 1.807) is 28.8 Å². The summed E-state index contributed by atoms with van der Waals surface area (Å²) in [7, 11) is 0. The maximum Gasteiger partial charge on any atom is 0.338 e. The first-order valence-corrected chi connectivity index (χ1v) is 9.85. The highest BCUT2D eigenvalue weighted by atomic mass is 16.4. The van der Waals surface area contributed by atoms with Crippen LogP contribution in [0.4, 0.5) is 0 Å². The van der Waals surface area contributed by atoms with Crippen LogP contribution in [-0.2, 0) is 6.54 Å². The largest absolute Gasteiger partial charge is 0.478 e. The number of carboxylic acids is 1. The first kappa shape index (κ1) is 18.4. The number of carbonyl (C=O) groups is 1. The Bertz CT molecular complexity index is 1050. The van der Waals surface area contributed by atoms with Crippen LogP contribution in [0.1, 0.15) is 48.2 Å². The molecule has 1 saturated carbocycles. The van der Waals surface area contributed by atoms with Crippen LogP contribution in [-0.4, -0.2) is 21.7 Å². The van der Waals surface area contributed by atoms with Crippen LogP contribution in [0.3, 0.4) is 0 Å². The molecule has 0 saturated heterocycles. The minimum atomic E-state index is -1.01. The molecule has 1 heterocycles. The second-order valence-electron chi connectivity index (χ2n) is 7.36. The van der Waals surface area contributed by atoms with Gasteiger partial charge < -0.3 is 10.4 Å². The molecule has 0 bridgehead atoms. The van der Waals surface area contributed by atoms with Gasteiger partial charge in [-0.05, 0) is 31.0 Å². The number of benzene rings is 2. The van der Waals surface area contributed by atoms with Crippen molar-refractivity contribution in [2.75, 3.05) is 0 Å². The Hall–Kier alpha value is -2.92. The van der Waals surface area contributed by atoms with Gasteiger partial charge in [-0.2, -0.15) is 0 Å². The average molecular weight is 376 g/mol. The lowest BCUT2D eigenvalue weighted by Gasteiger charge is -2.25. The summed E-state index contributed by atoms with van der Waals surface area (Å²) >= 11 is 0. The summed E-state index contributed by atoms with van der Waals surface area (Å²) in [6.07, 6.45) is 5.81. The monoisotopic (exact) mass is 376 g/mol. The molecular formula is C23H24N2O3. The van der Waals surface area contributed by atoms with E-state index in [2.05, 4.69) is 5.32 Å². The Morgan fingerprint density at radius 2 is 1.61 bits per heavy atom. The lowest BCUT2D eigenvalue weighted by Crippen LogP contribution is -2.34. The number of nitrogens with zero attached hydrogens (tertiary/aromatic N) is 1. The first-order valence-electron chi connectivity index (χ1n) is 9.85. The zero-order valence-electron chi connectivity index (χ0n) is 15.7. The number of fused-ring (bicyclic) bond motifs is 1. The predicted octanol–water partition coefficient (Wildman–Crippen LogP) is 4.11. The van der Waals surface area contributed by atoms with Gasteiger partial charge in [0, 0.05) is 29.0 Å². The van der Waals surface area contributed by atoms with Gasteiger partial charge in [0.1, 0.15) is 0 Å². The third kappa shape index (κ3) is 3.45. The smallest absolute Gasteiger partial charge is 0.338 e. The molecular weight excluding hydrogens is 352 g/mol. The molecule has 4 rings (SSSR count). The molecule has 1 fully saturated rings. The number of nitrogens with one attached hydrogen (secondary N) is 1. The number of para-hydroxylation sites is 1. The molecule has 0 aliphatic heterocycles. The van der Waals surface area contributed by atoms with Crippen molar-refractivity contribution >= 4 is 16.7 Å². The fourth-order valence-corrected chi connectivity index (χ4v) is 4.20. The Labute approximate surface area is 163 Å². The average Bonchev–Trinajstić information content (AvgIpc) is 2.73. The molecule has 0 unspecified atom stereocenters. The van der Waals surface area contributed by atoms with Gasteiger partial charge in [-0.15, -0.1) is 0 Å². The fraction of sp³-hybridized carbons (Fsp3) is 0.304. The third-order valence-corrected chi connectivity index (χ3v) is 5.58. The van der Waals surface area contributed by atoms with Crippen molar-refractivity contribution in [1.29, 1.82) is 0 Å². The molecule has 5 heteroatoms. The van der Waals surface area contributed by atoms with E-state index in [4.69, 9.17) is 0 Å². The molecule has 144 valence electrons. The van der Waals surface area contributed by atoms with Crippen LogP contribution in [0.15, 0.2) is 59.4 Å². The number of hydrogen-bond donors (Lipinski definition) is 2. The SMILES string of the molecule is O=C(O)c1c(CNC2CCCCC2)n(-c2ccccc2)c(=O)c2ccccc12. The molecule has 1 aliphatic carbocycles.